The molecule has 5 nitrogen and oxygen atoms in total. The van der Waals surface area contributed by atoms with Crippen molar-refractivity contribution in [3.8, 4) is 0 Å². The first-order valence-corrected chi connectivity index (χ1v) is 7.02. The number of hydrogen-bond donors (Lipinski definition) is 2. The Morgan fingerprint density at radius 2 is 2.30 bits per heavy atom. The van der Waals surface area contributed by atoms with Crippen LogP contribution in [0.1, 0.15) is 12.8 Å². The molecule has 2 N–H and O–H groups in total. The zero-order chi connectivity index (χ0) is 14.0. The van der Waals surface area contributed by atoms with Gasteiger partial charge >= 0.3 is 0 Å². The van der Waals surface area contributed by atoms with Crippen LogP contribution in [0.4, 0.5) is 5.69 Å². The molecule has 1 atom stereocenters. The van der Waals surface area contributed by atoms with Gasteiger partial charge in [-0.1, -0.05) is 0 Å². The lowest BCUT2D eigenvalue weighted by molar-refractivity contribution is 0.0282. The smallest absolute Gasteiger partial charge is 0.0945 e. The third-order valence-corrected chi connectivity index (χ3v) is 3.92. The van der Waals surface area contributed by atoms with Crippen molar-refractivity contribution in [2.24, 2.45) is 0 Å². The van der Waals surface area contributed by atoms with Crippen molar-refractivity contribution in [3.05, 3.63) is 30.7 Å². The standard InChI is InChI=1S/C15H20N4O/c1-16-10-15(20)5-2-8-19(11-15)14-4-7-18-13-3-6-17-9-12(13)14/h3-4,6-7,9,16,20H,2,5,8,10-11H2,1H3/t15-/m0/s1. The molecule has 106 valence electrons. The van der Waals surface area contributed by atoms with Gasteiger partial charge in [0.1, 0.15) is 0 Å². The monoisotopic (exact) mass is 272 g/mol. The van der Waals surface area contributed by atoms with Crippen LogP contribution in [0, 0.1) is 0 Å². The van der Waals surface area contributed by atoms with E-state index in [0.29, 0.717) is 13.1 Å². The fourth-order valence-corrected chi connectivity index (χ4v) is 3.04. The first-order chi connectivity index (χ1) is 9.72. The summed E-state index contributed by atoms with van der Waals surface area (Å²) in [4.78, 5) is 10.8. The van der Waals surface area contributed by atoms with Gasteiger partial charge < -0.3 is 15.3 Å². The molecular formula is C15H20N4O. The van der Waals surface area contributed by atoms with Crippen molar-refractivity contribution < 1.29 is 5.11 Å². The molecule has 0 amide bonds. The third kappa shape index (κ3) is 2.46. The summed E-state index contributed by atoms with van der Waals surface area (Å²) in [7, 11) is 1.88. The molecule has 0 spiro atoms. The van der Waals surface area contributed by atoms with Crippen LogP contribution in [0.15, 0.2) is 30.7 Å². The molecule has 0 aromatic carbocycles. The van der Waals surface area contributed by atoms with Gasteiger partial charge in [0, 0.05) is 49.3 Å². The second-order valence-corrected chi connectivity index (χ2v) is 5.50. The highest BCUT2D eigenvalue weighted by molar-refractivity contribution is 5.90. The van der Waals surface area contributed by atoms with E-state index in [1.165, 1.54) is 0 Å². The summed E-state index contributed by atoms with van der Waals surface area (Å²) < 4.78 is 0. The second kappa shape index (κ2) is 5.34. The summed E-state index contributed by atoms with van der Waals surface area (Å²) in [5.41, 5.74) is 1.39. The van der Waals surface area contributed by atoms with E-state index in [1.54, 1.807) is 6.20 Å². The van der Waals surface area contributed by atoms with E-state index < -0.39 is 5.60 Å². The number of aromatic nitrogens is 2. The lowest BCUT2D eigenvalue weighted by atomic mass is 9.92. The SMILES string of the molecule is CNC[C@@]1(O)CCCN(c2ccnc3ccncc23)C1. The number of piperidine rings is 1. The average molecular weight is 272 g/mol. The number of nitrogens with zero attached hydrogens (tertiary/aromatic N) is 3. The van der Waals surface area contributed by atoms with Crippen molar-refractivity contribution >= 4 is 16.6 Å². The fourth-order valence-electron chi connectivity index (χ4n) is 3.04. The average Bonchev–Trinajstić information content (AvgIpc) is 2.46. The van der Waals surface area contributed by atoms with Crippen LogP contribution in [-0.4, -0.2) is 47.4 Å². The lowest BCUT2D eigenvalue weighted by Crippen LogP contribution is -2.53. The molecule has 5 heteroatoms. The number of hydrogen-bond acceptors (Lipinski definition) is 5. The molecule has 0 radical (unpaired) electrons. The Hall–Kier alpha value is -1.72. The van der Waals surface area contributed by atoms with Gasteiger partial charge in [-0.05, 0) is 32.0 Å². The summed E-state index contributed by atoms with van der Waals surface area (Å²) in [5.74, 6) is 0. The maximum Gasteiger partial charge on any atom is 0.0945 e. The molecule has 1 aliphatic heterocycles. The molecule has 1 aliphatic rings. The van der Waals surface area contributed by atoms with Gasteiger partial charge in [-0.3, -0.25) is 9.97 Å². The van der Waals surface area contributed by atoms with Gasteiger partial charge in [0.2, 0.25) is 0 Å². The Balaban J connectivity index is 1.94. The minimum atomic E-state index is -0.662. The summed E-state index contributed by atoms with van der Waals surface area (Å²) in [6.07, 6.45) is 7.26. The first kappa shape index (κ1) is 13.3. The summed E-state index contributed by atoms with van der Waals surface area (Å²) >= 11 is 0. The molecule has 2 aromatic heterocycles. The number of nitrogens with one attached hydrogen (secondary N) is 1. The van der Waals surface area contributed by atoms with Crippen LogP contribution in [0.5, 0.6) is 0 Å². The third-order valence-electron chi connectivity index (χ3n) is 3.92. The quantitative estimate of drug-likeness (QED) is 0.878. The van der Waals surface area contributed by atoms with Crippen LogP contribution in [0.2, 0.25) is 0 Å². The Bertz CT molecular complexity index is 594. The van der Waals surface area contributed by atoms with Crippen molar-refractivity contribution in [1.82, 2.24) is 15.3 Å². The number of β-amino-alcohol motifs (C(OH)–C–C–N with tert-alkyl or cyclic N) is 1. The van der Waals surface area contributed by atoms with E-state index in [0.717, 1.165) is 36.0 Å². The number of pyridine rings is 2. The molecule has 0 unspecified atom stereocenters. The highest BCUT2D eigenvalue weighted by atomic mass is 16.3. The molecule has 20 heavy (non-hydrogen) atoms. The van der Waals surface area contributed by atoms with Crippen LogP contribution in [-0.2, 0) is 0 Å². The number of aliphatic hydroxyl groups is 1. The summed E-state index contributed by atoms with van der Waals surface area (Å²) in [6.45, 7) is 2.21. The number of anilines is 1. The number of likely N-dealkylation sites (N-methyl/N-ethyl adjacent to an activating group) is 1. The number of rotatable bonds is 3. The van der Waals surface area contributed by atoms with E-state index in [1.807, 2.05) is 31.6 Å². The van der Waals surface area contributed by atoms with Gasteiger partial charge in [-0.25, -0.2) is 0 Å². The molecule has 3 rings (SSSR count). The van der Waals surface area contributed by atoms with E-state index in [-0.39, 0.29) is 0 Å². The fraction of sp³-hybridized carbons (Fsp3) is 0.467. The van der Waals surface area contributed by atoms with Gasteiger partial charge in [-0.15, -0.1) is 0 Å². The zero-order valence-corrected chi connectivity index (χ0v) is 11.7. The molecule has 0 saturated carbocycles. The van der Waals surface area contributed by atoms with Crippen molar-refractivity contribution in [3.63, 3.8) is 0 Å². The molecule has 0 bridgehead atoms. The van der Waals surface area contributed by atoms with Gasteiger partial charge in [0.05, 0.1) is 11.1 Å². The van der Waals surface area contributed by atoms with Crippen molar-refractivity contribution in [2.75, 3.05) is 31.6 Å². The predicted molar refractivity (Wildman–Crippen MR) is 79.9 cm³/mol. The van der Waals surface area contributed by atoms with E-state index in [4.69, 9.17) is 0 Å². The first-order valence-electron chi connectivity index (χ1n) is 7.02. The van der Waals surface area contributed by atoms with Gasteiger partial charge in [0.15, 0.2) is 0 Å². The van der Waals surface area contributed by atoms with Crippen molar-refractivity contribution in [1.29, 1.82) is 0 Å². The topological polar surface area (TPSA) is 61.3 Å². The minimum absolute atomic E-state index is 0.616. The molecule has 0 aliphatic carbocycles. The van der Waals surface area contributed by atoms with E-state index in [2.05, 4.69) is 20.2 Å². The lowest BCUT2D eigenvalue weighted by Gasteiger charge is -2.40. The molecule has 3 heterocycles. The minimum Gasteiger partial charge on any atom is -0.387 e. The summed E-state index contributed by atoms with van der Waals surface area (Å²) in [6, 6.07) is 3.93. The molecular weight excluding hydrogens is 252 g/mol. The highest BCUT2D eigenvalue weighted by Crippen LogP contribution is 2.30. The zero-order valence-electron chi connectivity index (χ0n) is 11.7. The van der Waals surface area contributed by atoms with Crippen LogP contribution in [0.25, 0.3) is 10.9 Å². The summed E-state index contributed by atoms with van der Waals surface area (Å²) in [5, 5.41) is 14.8. The normalized spacial score (nSPS) is 23.2. The Labute approximate surface area is 118 Å². The molecule has 1 saturated heterocycles. The molecule has 1 fully saturated rings. The second-order valence-electron chi connectivity index (χ2n) is 5.50. The van der Waals surface area contributed by atoms with Crippen LogP contribution in [0.3, 0.4) is 0 Å². The Morgan fingerprint density at radius 3 is 3.15 bits per heavy atom. The maximum absolute atomic E-state index is 10.6. The van der Waals surface area contributed by atoms with Gasteiger partial charge in [-0.2, -0.15) is 0 Å². The van der Waals surface area contributed by atoms with Crippen LogP contribution < -0.4 is 10.2 Å². The van der Waals surface area contributed by atoms with E-state index >= 15 is 0 Å². The molecule has 2 aromatic rings. The van der Waals surface area contributed by atoms with Gasteiger partial charge in [0.25, 0.3) is 0 Å². The van der Waals surface area contributed by atoms with Crippen molar-refractivity contribution in [2.45, 2.75) is 18.4 Å². The van der Waals surface area contributed by atoms with Crippen LogP contribution >= 0.6 is 0 Å². The maximum atomic E-state index is 10.6. The predicted octanol–water partition coefficient (Wildman–Crippen LogP) is 1.18. The highest BCUT2D eigenvalue weighted by Gasteiger charge is 2.33. The Kier molecular flexibility index (Phi) is 3.54. The Morgan fingerprint density at radius 1 is 1.40 bits per heavy atom. The largest absolute Gasteiger partial charge is 0.387 e. The number of fused-ring (bicyclic) bond motifs is 1. The van der Waals surface area contributed by atoms with E-state index in [9.17, 15) is 5.11 Å².